The second-order valence-electron chi connectivity index (χ2n) is 0.964. The first-order valence-electron chi connectivity index (χ1n) is 1.56. The van der Waals surface area contributed by atoms with E-state index in [1.54, 1.807) is 0 Å². The molecule has 2 unspecified atom stereocenters. The van der Waals surface area contributed by atoms with Gasteiger partial charge in [0.15, 0.2) is 0 Å². The van der Waals surface area contributed by atoms with Crippen LogP contribution in [0, 0.1) is 0 Å². The summed E-state index contributed by atoms with van der Waals surface area (Å²) in [6.45, 7) is -5.12. The molecule has 0 aromatic rings. The quantitative estimate of drug-likeness (QED) is 0.407. The summed E-state index contributed by atoms with van der Waals surface area (Å²) in [5.41, 5.74) is 0. The lowest BCUT2D eigenvalue weighted by molar-refractivity contribution is 0.513. The van der Waals surface area contributed by atoms with Crippen LogP contribution in [0.5, 0.6) is 0 Å². The molecule has 4 nitrogen and oxygen atoms in total. The predicted molar refractivity (Wildman–Crippen MR) is 29.6 cm³/mol. The number of hydrogen-bond acceptors (Lipinski definition) is 2. The Hall–Kier alpha value is 0.912. The maximum absolute atomic E-state index is 9.72. The summed E-state index contributed by atoms with van der Waals surface area (Å²) in [5.74, 6) is 0. The SMILES string of the molecule is O=[PH](O)[AlH][PH](=O)O. The van der Waals surface area contributed by atoms with Crippen molar-refractivity contribution in [1.82, 2.24) is 0 Å². The van der Waals surface area contributed by atoms with E-state index >= 15 is 0 Å². The summed E-state index contributed by atoms with van der Waals surface area (Å²) in [5, 5.41) is 0. The zero-order valence-electron chi connectivity index (χ0n) is 3.42. The van der Waals surface area contributed by atoms with Crippen LogP contribution in [0.25, 0.3) is 0 Å². The Morgan fingerprint density at radius 2 is 1.43 bits per heavy atom. The van der Waals surface area contributed by atoms with E-state index in [1.165, 1.54) is 0 Å². The lowest BCUT2D eigenvalue weighted by Crippen LogP contribution is -1.69. The van der Waals surface area contributed by atoms with Gasteiger partial charge in [0.05, 0.1) is 0 Å². The maximum atomic E-state index is 9.72. The minimum atomic E-state index is -2.56. The highest BCUT2D eigenvalue weighted by atomic mass is 31.5. The Balaban J connectivity index is 3.32. The first-order chi connectivity index (χ1) is 3.13. The first-order valence-corrected chi connectivity index (χ1v) is 8.93. The standard InChI is InChI=1S/Al.2HO2P.H/c;2*1-3-2;/h;2*3H;/q-2;;;/p+2. The van der Waals surface area contributed by atoms with E-state index in [9.17, 15) is 9.13 Å². The average Bonchev–Trinajstić information content (AvgIpc) is 1.27. The highest BCUT2D eigenvalue weighted by Crippen LogP contribution is 2.24. The molecule has 0 aliphatic rings. The average molecular weight is 158 g/mol. The van der Waals surface area contributed by atoms with Gasteiger partial charge in [0.2, 0.25) is 0 Å². The molecule has 7 heteroatoms. The van der Waals surface area contributed by atoms with Crippen LogP contribution < -0.4 is 0 Å². The van der Waals surface area contributed by atoms with Gasteiger partial charge in [-0.15, -0.1) is 0 Å². The van der Waals surface area contributed by atoms with Crippen LogP contribution in [0.3, 0.4) is 0 Å². The van der Waals surface area contributed by atoms with E-state index in [-0.39, 0.29) is 0 Å². The summed E-state index contributed by atoms with van der Waals surface area (Å²) in [6, 6.07) is 0. The van der Waals surface area contributed by atoms with Gasteiger partial charge in [-0.3, -0.25) is 0 Å². The molecule has 0 radical (unpaired) electrons. The molecule has 0 aliphatic carbocycles. The highest BCUT2D eigenvalue weighted by Gasteiger charge is 2.04. The molecule has 0 rings (SSSR count). The van der Waals surface area contributed by atoms with Crippen LogP contribution in [0.2, 0.25) is 0 Å². The third-order valence-corrected chi connectivity index (χ3v) is 8.17. The van der Waals surface area contributed by atoms with Crippen molar-refractivity contribution in [2.24, 2.45) is 0 Å². The second-order valence-corrected chi connectivity index (χ2v) is 10.8. The molecule has 7 heavy (non-hydrogen) atoms. The molecule has 0 fully saturated rings. The third-order valence-electron chi connectivity index (χ3n) is 0.302. The zero-order valence-corrected chi connectivity index (χ0v) is 6.83. The molecule has 0 spiro atoms. The van der Waals surface area contributed by atoms with Crippen LogP contribution in [-0.2, 0) is 9.13 Å². The van der Waals surface area contributed by atoms with Crippen molar-refractivity contribution in [3.05, 3.63) is 0 Å². The van der Waals surface area contributed by atoms with Gasteiger partial charge < -0.3 is 18.9 Å². The van der Waals surface area contributed by atoms with Crippen molar-refractivity contribution in [3.8, 4) is 0 Å². The fourth-order valence-corrected chi connectivity index (χ4v) is 3.49. The van der Waals surface area contributed by atoms with Gasteiger partial charge in [-0.05, 0) is 0 Å². The highest BCUT2D eigenvalue weighted by molar-refractivity contribution is 8.01. The topological polar surface area (TPSA) is 74.6 Å². The van der Waals surface area contributed by atoms with E-state index in [0.29, 0.717) is 0 Å². The van der Waals surface area contributed by atoms with Crippen molar-refractivity contribution in [2.75, 3.05) is 0 Å². The Kier molecular flexibility index (Phi) is 4.36. The number of rotatable bonds is 2. The van der Waals surface area contributed by atoms with Crippen molar-refractivity contribution in [1.29, 1.82) is 0 Å². The van der Waals surface area contributed by atoms with Gasteiger partial charge in [-0.2, -0.15) is 0 Å². The van der Waals surface area contributed by atoms with Crippen molar-refractivity contribution >= 4 is 27.7 Å². The minimum absolute atomic E-state index is 1.52. The summed E-state index contributed by atoms with van der Waals surface area (Å²) < 4.78 is 19.4. The van der Waals surface area contributed by atoms with Crippen molar-refractivity contribution in [2.45, 2.75) is 0 Å². The molecule has 2 atom stereocenters. The fourth-order valence-electron chi connectivity index (χ4n) is 0.129. The van der Waals surface area contributed by atoms with Crippen LogP contribution in [-0.4, -0.2) is 24.1 Å². The van der Waals surface area contributed by atoms with Gasteiger partial charge in [0.1, 0.15) is 13.3 Å². The molecule has 0 aromatic carbocycles. The summed E-state index contributed by atoms with van der Waals surface area (Å²) >= 11 is -1.52. The molecule has 0 bridgehead atoms. The van der Waals surface area contributed by atoms with Gasteiger partial charge >= 0.3 is 14.3 Å². The normalized spacial score (nSPS) is 18.0. The Labute approximate surface area is 47.2 Å². The predicted octanol–water partition coefficient (Wildman–Crippen LogP) is -0.813. The molecule has 0 heterocycles. The monoisotopic (exact) mass is 158 g/mol. The molecule has 0 aromatic heterocycles. The fraction of sp³-hybridized carbons (Fsp3) is 0. The third kappa shape index (κ3) is 6.91. The molecular weight excluding hydrogens is 153 g/mol. The molecule has 0 saturated carbocycles. The lowest BCUT2D eigenvalue weighted by atomic mass is 15.9. The molecule has 2 N–H and O–H groups in total. The van der Waals surface area contributed by atoms with Gasteiger partial charge in [-0.25, -0.2) is 0 Å². The molecule has 0 aliphatic heterocycles. The van der Waals surface area contributed by atoms with E-state index < -0.39 is 27.7 Å². The van der Waals surface area contributed by atoms with E-state index in [0.717, 1.165) is 0 Å². The smallest absolute Gasteiger partial charge is 0.359 e. The molecular formula is H5AlO4P2. The lowest BCUT2D eigenvalue weighted by Gasteiger charge is -1.79. The Morgan fingerprint density at radius 1 is 1.14 bits per heavy atom. The van der Waals surface area contributed by atoms with Crippen LogP contribution in [0.4, 0.5) is 0 Å². The van der Waals surface area contributed by atoms with Crippen molar-refractivity contribution < 1.29 is 18.9 Å². The summed E-state index contributed by atoms with van der Waals surface area (Å²) in [4.78, 5) is 16.0. The summed E-state index contributed by atoms with van der Waals surface area (Å²) in [7, 11) is 0. The maximum Gasteiger partial charge on any atom is 0.505 e. The minimum Gasteiger partial charge on any atom is -0.359 e. The van der Waals surface area contributed by atoms with E-state index in [4.69, 9.17) is 9.79 Å². The van der Waals surface area contributed by atoms with Gasteiger partial charge in [0.25, 0.3) is 0 Å². The van der Waals surface area contributed by atoms with E-state index in [2.05, 4.69) is 0 Å². The largest absolute Gasteiger partial charge is 0.505 e. The first kappa shape index (κ1) is 7.91. The Bertz CT molecular complexity index is 85.9. The second kappa shape index (κ2) is 3.86. The van der Waals surface area contributed by atoms with Gasteiger partial charge in [-0.1, -0.05) is 0 Å². The molecule has 42 valence electrons. The molecule has 0 amide bonds. The molecule has 0 saturated heterocycles. The zero-order chi connectivity index (χ0) is 5.86. The van der Waals surface area contributed by atoms with Gasteiger partial charge in [0, 0.05) is 0 Å². The van der Waals surface area contributed by atoms with E-state index in [1.807, 2.05) is 0 Å². The van der Waals surface area contributed by atoms with Crippen LogP contribution >= 0.6 is 13.3 Å². The van der Waals surface area contributed by atoms with Crippen LogP contribution in [0.1, 0.15) is 0 Å². The number of hydrogen-bond donors (Lipinski definition) is 2. The van der Waals surface area contributed by atoms with Crippen molar-refractivity contribution in [3.63, 3.8) is 0 Å². The Morgan fingerprint density at radius 3 is 1.43 bits per heavy atom. The van der Waals surface area contributed by atoms with Crippen LogP contribution in [0.15, 0.2) is 0 Å². The summed E-state index contributed by atoms with van der Waals surface area (Å²) in [6.07, 6.45) is 0.